The fourth-order valence-corrected chi connectivity index (χ4v) is 2.83. The number of hydrogen-bond acceptors (Lipinski definition) is 3. The van der Waals surface area contributed by atoms with Crippen molar-refractivity contribution >= 4 is 5.91 Å². The lowest BCUT2D eigenvalue weighted by Gasteiger charge is -2.24. The van der Waals surface area contributed by atoms with Gasteiger partial charge in [0, 0.05) is 44.6 Å². The van der Waals surface area contributed by atoms with Gasteiger partial charge in [-0.05, 0) is 43.7 Å². The van der Waals surface area contributed by atoms with E-state index in [4.69, 9.17) is 0 Å². The molecule has 0 unspecified atom stereocenters. The topological polar surface area (TPSA) is 66.8 Å². The first-order valence-electron chi connectivity index (χ1n) is 8.32. The minimum atomic E-state index is -0.0750. The Labute approximate surface area is 147 Å². The summed E-state index contributed by atoms with van der Waals surface area (Å²) in [7, 11) is 3.77. The molecule has 0 spiro atoms. The number of likely N-dealkylation sites (N-methyl/N-ethyl adjacent to an activating group) is 1. The summed E-state index contributed by atoms with van der Waals surface area (Å²) >= 11 is 0. The van der Waals surface area contributed by atoms with Crippen LogP contribution >= 0.6 is 0 Å². The molecule has 0 aliphatic heterocycles. The maximum atomic E-state index is 12.8. The van der Waals surface area contributed by atoms with Gasteiger partial charge >= 0.3 is 0 Å². The SMILES string of the molecule is Cc1cccnc1C[C@H](C)N(C)C(=O)c1cc(-c2cccn2C)n[nH]1. The number of aromatic amines is 1. The molecule has 1 atom stereocenters. The van der Waals surface area contributed by atoms with Crippen LogP contribution in [0.1, 0.15) is 28.7 Å². The Morgan fingerprint density at radius 3 is 2.84 bits per heavy atom. The molecule has 0 fully saturated rings. The average Bonchev–Trinajstić information content (AvgIpc) is 3.24. The molecular weight excluding hydrogens is 314 g/mol. The second-order valence-corrected chi connectivity index (χ2v) is 6.41. The average molecular weight is 337 g/mol. The maximum Gasteiger partial charge on any atom is 0.271 e. The van der Waals surface area contributed by atoms with Crippen LogP contribution < -0.4 is 0 Å². The highest BCUT2D eigenvalue weighted by Crippen LogP contribution is 2.19. The van der Waals surface area contributed by atoms with Gasteiger partial charge in [-0.1, -0.05) is 6.07 Å². The predicted octanol–water partition coefficient (Wildman–Crippen LogP) is 2.82. The highest BCUT2D eigenvalue weighted by Gasteiger charge is 2.21. The van der Waals surface area contributed by atoms with Crippen molar-refractivity contribution in [1.29, 1.82) is 0 Å². The number of carbonyl (C=O) groups is 1. The van der Waals surface area contributed by atoms with Gasteiger partial charge in [0.15, 0.2) is 0 Å². The molecule has 0 saturated carbocycles. The lowest BCUT2D eigenvalue weighted by atomic mass is 10.1. The number of nitrogens with zero attached hydrogens (tertiary/aromatic N) is 4. The molecule has 3 aromatic rings. The van der Waals surface area contributed by atoms with Gasteiger partial charge in [0.05, 0.1) is 5.69 Å². The molecule has 3 rings (SSSR count). The molecular formula is C19H23N5O. The molecule has 1 amide bonds. The number of nitrogens with one attached hydrogen (secondary N) is 1. The van der Waals surface area contributed by atoms with Crippen molar-refractivity contribution in [3.63, 3.8) is 0 Å². The van der Waals surface area contributed by atoms with E-state index in [9.17, 15) is 4.79 Å². The van der Waals surface area contributed by atoms with Crippen LogP contribution in [0, 0.1) is 6.92 Å². The first-order valence-corrected chi connectivity index (χ1v) is 8.32. The van der Waals surface area contributed by atoms with Gasteiger partial charge in [-0.3, -0.25) is 14.9 Å². The predicted molar refractivity (Wildman–Crippen MR) is 97.2 cm³/mol. The van der Waals surface area contributed by atoms with Crippen molar-refractivity contribution in [3.8, 4) is 11.4 Å². The Bertz CT molecular complexity index is 879. The van der Waals surface area contributed by atoms with Crippen LogP contribution in [-0.2, 0) is 13.5 Å². The standard InChI is InChI=1S/C19H23N5O/c1-13-7-5-9-20-15(13)11-14(2)24(4)19(25)17-12-16(21-22-17)18-8-6-10-23(18)3/h5-10,12,14H,11H2,1-4H3,(H,21,22)/t14-/m0/s1. The molecule has 0 aliphatic carbocycles. The van der Waals surface area contributed by atoms with E-state index >= 15 is 0 Å². The minimum absolute atomic E-state index is 0.0305. The molecule has 0 bridgehead atoms. The second-order valence-electron chi connectivity index (χ2n) is 6.41. The number of hydrogen-bond donors (Lipinski definition) is 1. The van der Waals surface area contributed by atoms with Gasteiger partial charge in [-0.25, -0.2) is 0 Å². The maximum absolute atomic E-state index is 12.8. The van der Waals surface area contributed by atoms with E-state index in [0.29, 0.717) is 12.1 Å². The van der Waals surface area contributed by atoms with E-state index < -0.39 is 0 Å². The van der Waals surface area contributed by atoms with E-state index in [1.165, 1.54) is 0 Å². The molecule has 0 saturated heterocycles. The van der Waals surface area contributed by atoms with E-state index in [0.717, 1.165) is 22.6 Å². The van der Waals surface area contributed by atoms with Crippen LogP contribution in [-0.4, -0.2) is 43.6 Å². The molecule has 6 heteroatoms. The second kappa shape index (κ2) is 6.93. The van der Waals surface area contributed by atoms with Crippen LogP contribution in [0.2, 0.25) is 0 Å². The summed E-state index contributed by atoms with van der Waals surface area (Å²) in [6.45, 7) is 4.07. The normalized spacial score (nSPS) is 12.2. The molecule has 0 aromatic carbocycles. The molecule has 6 nitrogen and oxygen atoms in total. The summed E-state index contributed by atoms with van der Waals surface area (Å²) in [5.74, 6) is -0.0750. The van der Waals surface area contributed by atoms with Crippen LogP contribution in [0.25, 0.3) is 11.4 Å². The zero-order valence-corrected chi connectivity index (χ0v) is 15.0. The van der Waals surface area contributed by atoms with Gasteiger partial charge in [0.2, 0.25) is 0 Å². The lowest BCUT2D eigenvalue weighted by molar-refractivity contribution is 0.0737. The highest BCUT2D eigenvalue weighted by molar-refractivity contribution is 5.93. The Hall–Kier alpha value is -2.89. The third kappa shape index (κ3) is 3.47. The van der Waals surface area contributed by atoms with Crippen LogP contribution in [0.15, 0.2) is 42.7 Å². The summed E-state index contributed by atoms with van der Waals surface area (Å²) < 4.78 is 1.97. The van der Waals surface area contributed by atoms with Crippen molar-refractivity contribution in [2.75, 3.05) is 7.05 Å². The Balaban J connectivity index is 1.73. The Morgan fingerprint density at radius 2 is 2.16 bits per heavy atom. The minimum Gasteiger partial charge on any atom is -0.349 e. The number of H-pyrrole nitrogens is 1. The lowest BCUT2D eigenvalue weighted by Crippen LogP contribution is -2.37. The van der Waals surface area contributed by atoms with Crippen molar-refractivity contribution in [3.05, 3.63) is 59.7 Å². The van der Waals surface area contributed by atoms with E-state index in [-0.39, 0.29) is 11.9 Å². The molecule has 0 radical (unpaired) electrons. The summed E-state index contributed by atoms with van der Waals surface area (Å²) in [6, 6.07) is 9.72. The number of rotatable bonds is 5. The van der Waals surface area contributed by atoms with Crippen molar-refractivity contribution in [1.82, 2.24) is 24.6 Å². The van der Waals surface area contributed by atoms with Gasteiger partial charge < -0.3 is 9.47 Å². The molecule has 1 N–H and O–H groups in total. The van der Waals surface area contributed by atoms with Gasteiger partial charge in [0.1, 0.15) is 11.4 Å². The largest absolute Gasteiger partial charge is 0.349 e. The Kier molecular flexibility index (Phi) is 4.70. The zero-order chi connectivity index (χ0) is 18.0. The quantitative estimate of drug-likeness (QED) is 0.778. The van der Waals surface area contributed by atoms with Crippen molar-refractivity contribution in [2.45, 2.75) is 26.3 Å². The van der Waals surface area contributed by atoms with Crippen LogP contribution in [0.4, 0.5) is 0 Å². The molecule has 3 aromatic heterocycles. The smallest absolute Gasteiger partial charge is 0.271 e. The number of aryl methyl sites for hydroxylation is 2. The van der Waals surface area contributed by atoms with Crippen molar-refractivity contribution in [2.24, 2.45) is 7.05 Å². The molecule has 3 heterocycles. The van der Waals surface area contributed by atoms with E-state index in [2.05, 4.69) is 15.2 Å². The highest BCUT2D eigenvalue weighted by atomic mass is 16.2. The fourth-order valence-electron chi connectivity index (χ4n) is 2.83. The van der Waals surface area contributed by atoms with E-state index in [1.54, 1.807) is 17.2 Å². The molecule has 130 valence electrons. The summed E-state index contributed by atoms with van der Waals surface area (Å²) in [5.41, 5.74) is 4.38. The summed E-state index contributed by atoms with van der Waals surface area (Å²) in [4.78, 5) is 18.9. The summed E-state index contributed by atoms with van der Waals surface area (Å²) in [5, 5.41) is 7.14. The van der Waals surface area contributed by atoms with Gasteiger partial charge in [-0.2, -0.15) is 5.10 Å². The molecule has 25 heavy (non-hydrogen) atoms. The zero-order valence-electron chi connectivity index (χ0n) is 15.0. The number of pyridine rings is 1. The van der Waals surface area contributed by atoms with Crippen LogP contribution in [0.5, 0.6) is 0 Å². The monoisotopic (exact) mass is 337 g/mol. The summed E-state index contributed by atoms with van der Waals surface area (Å²) in [6.07, 6.45) is 4.46. The molecule has 0 aliphatic rings. The Morgan fingerprint density at radius 1 is 1.36 bits per heavy atom. The fraction of sp³-hybridized carbons (Fsp3) is 0.316. The van der Waals surface area contributed by atoms with Crippen molar-refractivity contribution < 1.29 is 4.79 Å². The third-order valence-corrected chi connectivity index (χ3v) is 4.60. The van der Waals surface area contributed by atoms with E-state index in [1.807, 2.05) is 63.0 Å². The first-order chi connectivity index (χ1) is 12.0. The van der Waals surface area contributed by atoms with Gasteiger partial charge in [-0.15, -0.1) is 0 Å². The number of amides is 1. The van der Waals surface area contributed by atoms with Gasteiger partial charge in [0.25, 0.3) is 5.91 Å². The third-order valence-electron chi connectivity index (χ3n) is 4.60. The number of aromatic nitrogens is 4. The van der Waals surface area contributed by atoms with Crippen LogP contribution in [0.3, 0.4) is 0 Å². The number of carbonyl (C=O) groups excluding carboxylic acids is 1. The first kappa shape index (κ1) is 17.0.